The maximum Gasteiger partial charge on any atom is 0.236 e. The minimum Gasteiger partial charge on any atom is -0.310 e. The fraction of sp³-hybridized carbons (Fsp3) is 0.333. The van der Waals surface area contributed by atoms with Crippen LogP contribution in [0, 0.1) is 6.92 Å². The highest BCUT2D eigenvalue weighted by molar-refractivity contribution is 7.83. The molecule has 2 aromatic carbocycles. The van der Waals surface area contributed by atoms with Gasteiger partial charge in [0.25, 0.3) is 0 Å². The van der Waals surface area contributed by atoms with Gasteiger partial charge in [0.1, 0.15) is 5.82 Å². The molecule has 2 heterocycles. The maximum absolute atomic E-state index is 13.8. The van der Waals surface area contributed by atoms with E-state index in [1.54, 1.807) is 0 Å². The van der Waals surface area contributed by atoms with Crippen molar-refractivity contribution in [2.75, 3.05) is 5.32 Å². The van der Waals surface area contributed by atoms with Gasteiger partial charge in [-0.25, -0.2) is 4.68 Å². The van der Waals surface area contributed by atoms with Crippen molar-refractivity contribution < 1.29 is 9.00 Å². The number of nitrogens with one attached hydrogen (secondary N) is 1. The molecule has 5 nitrogen and oxygen atoms in total. The summed E-state index contributed by atoms with van der Waals surface area (Å²) in [6.45, 7) is 2.03. The van der Waals surface area contributed by atoms with Crippen LogP contribution in [0.1, 0.15) is 48.1 Å². The second kappa shape index (κ2) is 7.92. The SMILES string of the molecule is Cc1ccccc1-n1nc2c(c1NC(=O)C1(c3ccc(Cl)cc3)CCCC1)CS(=O)C2. The minimum atomic E-state index is -0.976. The summed E-state index contributed by atoms with van der Waals surface area (Å²) in [5, 5.41) is 8.64. The summed E-state index contributed by atoms with van der Waals surface area (Å²) in [6, 6.07) is 15.6. The van der Waals surface area contributed by atoms with E-state index in [1.165, 1.54) is 0 Å². The quantitative estimate of drug-likeness (QED) is 0.601. The van der Waals surface area contributed by atoms with Gasteiger partial charge in [-0.3, -0.25) is 9.00 Å². The lowest BCUT2D eigenvalue weighted by Crippen LogP contribution is -2.38. The number of anilines is 1. The van der Waals surface area contributed by atoms with Crippen molar-refractivity contribution in [1.29, 1.82) is 0 Å². The van der Waals surface area contributed by atoms with Gasteiger partial charge in [0.15, 0.2) is 0 Å². The first-order valence-electron chi connectivity index (χ1n) is 10.6. The molecule has 0 bridgehead atoms. The van der Waals surface area contributed by atoms with Crippen molar-refractivity contribution in [3.63, 3.8) is 0 Å². The van der Waals surface area contributed by atoms with Crippen molar-refractivity contribution in [3.8, 4) is 5.69 Å². The molecule has 5 rings (SSSR count). The molecule has 1 N–H and O–H groups in total. The van der Waals surface area contributed by atoms with Crippen LogP contribution in [0.5, 0.6) is 0 Å². The number of halogens is 1. The monoisotopic (exact) mass is 453 g/mol. The summed E-state index contributed by atoms with van der Waals surface area (Å²) >= 11 is 6.10. The molecule has 31 heavy (non-hydrogen) atoms. The molecule has 1 atom stereocenters. The molecule has 1 aromatic heterocycles. The average molecular weight is 454 g/mol. The molecule has 1 saturated carbocycles. The number of aryl methyl sites for hydroxylation is 1. The standard InChI is InChI=1S/C24H24ClN3O2S/c1-16-6-2-3-7-21(16)28-22(19-14-31(30)15-20(19)27-28)26-23(29)24(12-4-5-13-24)17-8-10-18(25)11-9-17/h2-3,6-11H,4-5,12-15H2,1H3,(H,26,29). The van der Waals surface area contributed by atoms with Crippen LogP contribution < -0.4 is 5.32 Å². The summed E-state index contributed by atoms with van der Waals surface area (Å²) in [5.74, 6) is 1.48. The number of carbonyl (C=O) groups is 1. The third-order valence-electron chi connectivity index (χ3n) is 6.53. The third kappa shape index (κ3) is 3.52. The van der Waals surface area contributed by atoms with Gasteiger partial charge in [-0.15, -0.1) is 0 Å². The van der Waals surface area contributed by atoms with Crippen molar-refractivity contribution in [2.24, 2.45) is 0 Å². The van der Waals surface area contributed by atoms with E-state index in [0.29, 0.717) is 22.3 Å². The predicted molar refractivity (Wildman–Crippen MR) is 124 cm³/mol. The van der Waals surface area contributed by atoms with Gasteiger partial charge in [-0.2, -0.15) is 5.10 Å². The molecule has 2 aliphatic rings. The van der Waals surface area contributed by atoms with Crippen molar-refractivity contribution in [3.05, 3.63) is 75.9 Å². The van der Waals surface area contributed by atoms with Crippen LogP contribution in [0.15, 0.2) is 48.5 Å². The largest absolute Gasteiger partial charge is 0.310 e. The molecule has 1 fully saturated rings. The fourth-order valence-corrected chi connectivity index (χ4v) is 6.24. The van der Waals surface area contributed by atoms with Crippen LogP contribution in [-0.2, 0) is 32.5 Å². The first-order valence-corrected chi connectivity index (χ1v) is 12.4. The van der Waals surface area contributed by atoms with Gasteiger partial charge in [-0.05, 0) is 49.1 Å². The molecule has 0 radical (unpaired) electrons. The molecule has 0 saturated heterocycles. The van der Waals surface area contributed by atoms with Gasteiger partial charge in [0.2, 0.25) is 5.91 Å². The molecule has 1 unspecified atom stereocenters. The van der Waals surface area contributed by atoms with E-state index < -0.39 is 16.2 Å². The Morgan fingerprint density at radius 2 is 1.81 bits per heavy atom. The Hall–Kier alpha value is -2.44. The predicted octanol–water partition coefficient (Wildman–Crippen LogP) is 5.05. The normalized spacial score (nSPS) is 19.4. The van der Waals surface area contributed by atoms with Crippen molar-refractivity contribution in [1.82, 2.24) is 9.78 Å². The number of para-hydroxylation sites is 1. The number of aromatic nitrogens is 2. The smallest absolute Gasteiger partial charge is 0.236 e. The van der Waals surface area contributed by atoms with Crippen LogP contribution in [0.2, 0.25) is 5.02 Å². The maximum atomic E-state index is 13.8. The van der Waals surface area contributed by atoms with E-state index in [4.69, 9.17) is 16.7 Å². The van der Waals surface area contributed by atoms with Gasteiger partial charge in [-0.1, -0.05) is 54.8 Å². The molecular formula is C24H24ClN3O2S. The molecule has 1 aliphatic heterocycles. The van der Waals surface area contributed by atoms with E-state index in [9.17, 15) is 9.00 Å². The van der Waals surface area contributed by atoms with Gasteiger partial charge >= 0.3 is 0 Å². The Morgan fingerprint density at radius 1 is 1.10 bits per heavy atom. The first-order chi connectivity index (χ1) is 15.0. The van der Waals surface area contributed by atoms with Gasteiger partial charge in [0.05, 0.1) is 28.3 Å². The lowest BCUT2D eigenvalue weighted by molar-refractivity contribution is -0.121. The Labute approximate surface area is 189 Å². The Kier molecular flexibility index (Phi) is 5.22. The molecule has 7 heteroatoms. The number of hydrogen-bond donors (Lipinski definition) is 1. The fourth-order valence-electron chi connectivity index (χ4n) is 4.85. The third-order valence-corrected chi connectivity index (χ3v) is 7.99. The van der Waals surface area contributed by atoms with Crippen molar-refractivity contribution in [2.45, 2.75) is 49.5 Å². The topological polar surface area (TPSA) is 64.0 Å². The highest BCUT2D eigenvalue weighted by atomic mass is 35.5. The average Bonchev–Trinajstić information content (AvgIpc) is 3.45. The number of carbonyl (C=O) groups excluding carboxylic acids is 1. The zero-order chi connectivity index (χ0) is 21.6. The molecule has 3 aromatic rings. The van der Waals surface area contributed by atoms with E-state index in [-0.39, 0.29) is 5.91 Å². The lowest BCUT2D eigenvalue weighted by atomic mass is 9.78. The Balaban J connectivity index is 1.58. The molecule has 0 spiro atoms. The van der Waals surface area contributed by atoms with E-state index in [2.05, 4.69) is 5.32 Å². The van der Waals surface area contributed by atoms with E-state index in [0.717, 1.165) is 53.8 Å². The number of rotatable bonds is 4. The van der Waals surface area contributed by atoms with Crippen LogP contribution >= 0.6 is 11.6 Å². The molecule has 1 amide bonds. The van der Waals surface area contributed by atoms with Crippen LogP contribution in [0.25, 0.3) is 5.69 Å². The first kappa shape index (κ1) is 20.5. The van der Waals surface area contributed by atoms with Crippen LogP contribution in [0.3, 0.4) is 0 Å². The second-order valence-corrected chi connectivity index (χ2v) is 10.3. The summed E-state index contributed by atoms with van der Waals surface area (Å²) in [6.07, 6.45) is 3.62. The van der Waals surface area contributed by atoms with Gasteiger partial charge < -0.3 is 5.32 Å². The highest BCUT2D eigenvalue weighted by Gasteiger charge is 2.43. The van der Waals surface area contributed by atoms with E-state index >= 15 is 0 Å². The van der Waals surface area contributed by atoms with Crippen molar-refractivity contribution >= 4 is 34.1 Å². The zero-order valence-electron chi connectivity index (χ0n) is 17.4. The summed E-state index contributed by atoms with van der Waals surface area (Å²) in [5.41, 5.74) is 4.09. The number of fused-ring (bicyclic) bond motifs is 1. The number of amides is 1. The second-order valence-electron chi connectivity index (χ2n) is 8.45. The Bertz CT molecular complexity index is 1180. The van der Waals surface area contributed by atoms with Crippen LogP contribution in [0.4, 0.5) is 5.82 Å². The molecule has 1 aliphatic carbocycles. The van der Waals surface area contributed by atoms with Crippen LogP contribution in [-0.4, -0.2) is 19.9 Å². The number of hydrogen-bond acceptors (Lipinski definition) is 3. The highest BCUT2D eigenvalue weighted by Crippen LogP contribution is 2.43. The summed E-state index contributed by atoms with van der Waals surface area (Å²) in [4.78, 5) is 13.8. The number of nitrogens with zero attached hydrogens (tertiary/aromatic N) is 2. The zero-order valence-corrected chi connectivity index (χ0v) is 18.9. The lowest BCUT2D eigenvalue weighted by Gasteiger charge is -2.29. The summed E-state index contributed by atoms with van der Waals surface area (Å²) in [7, 11) is -0.976. The minimum absolute atomic E-state index is 0.0254. The van der Waals surface area contributed by atoms with E-state index in [1.807, 2.05) is 60.1 Å². The van der Waals surface area contributed by atoms with Gasteiger partial charge in [0, 0.05) is 21.4 Å². The summed E-state index contributed by atoms with van der Waals surface area (Å²) < 4.78 is 14.0. The Morgan fingerprint density at radius 3 is 2.52 bits per heavy atom. The molecule has 160 valence electrons. The molecular weight excluding hydrogens is 430 g/mol. The number of benzene rings is 2.